The van der Waals surface area contributed by atoms with Crippen LogP contribution in [-0.4, -0.2) is 30.5 Å². The Morgan fingerprint density at radius 2 is 1.79 bits per heavy atom. The molecule has 1 amide bonds. The van der Waals surface area contributed by atoms with Crippen molar-refractivity contribution < 1.29 is 4.79 Å². The lowest BCUT2D eigenvalue weighted by molar-refractivity contribution is -0.121. The molecule has 0 radical (unpaired) electrons. The normalized spacial score (nSPS) is 15.2. The number of aromatic nitrogens is 1. The van der Waals surface area contributed by atoms with Crippen molar-refractivity contribution in [3.63, 3.8) is 0 Å². The summed E-state index contributed by atoms with van der Waals surface area (Å²) in [7, 11) is 0. The number of hydrogen-bond acceptors (Lipinski definition) is 3. The number of aryl methyl sites for hydroxylation is 1. The van der Waals surface area contributed by atoms with Crippen molar-refractivity contribution in [2.75, 3.05) is 24.5 Å². The fourth-order valence-corrected chi connectivity index (χ4v) is 3.20. The summed E-state index contributed by atoms with van der Waals surface area (Å²) in [5.41, 5.74) is 2.47. The molecule has 1 aliphatic rings. The van der Waals surface area contributed by atoms with Crippen LogP contribution in [0.15, 0.2) is 54.9 Å². The van der Waals surface area contributed by atoms with E-state index >= 15 is 0 Å². The summed E-state index contributed by atoms with van der Waals surface area (Å²) in [6, 6.07) is 14.3. The first-order chi connectivity index (χ1) is 11.8. The summed E-state index contributed by atoms with van der Waals surface area (Å²) in [6.07, 6.45) is 7.32. The van der Waals surface area contributed by atoms with Crippen LogP contribution >= 0.6 is 0 Å². The maximum absolute atomic E-state index is 12.0. The molecule has 0 unspecified atom stereocenters. The molecule has 1 aromatic carbocycles. The van der Waals surface area contributed by atoms with Gasteiger partial charge in [-0.1, -0.05) is 30.3 Å². The van der Waals surface area contributed by atoms with Crippen molar-refractivity contribution >= 4 is 11.6 Å². The minimum atomic E-state index is 0.162. The largest absolute Gasteiger partial charge is 0.371 e. The third kappa shape index (κ3) is 4.82. The molecule has 3 rings (SSSR count). The zero-order chi connectivity index (χ0) is 16.6. The van der Waals surface area contributed by atoms with Gasteiger partial charge in [0.2, 0.25) is 5.91 Å². The van der Waals surface area contributed by atoms with E-state index in [1.165, 1.54) is 11.3 Å². The summed E-state index contributed by atoms with van der Waals surface area (Å²) in [4.78, 5) is 18.5. The van der Waals surface area contributed by atoms with Gasteiger partial charge in [0.1, 0.15) is 0 Å². The fourth-order valence-electron chi connectivity index (χ4n) is 3.20. The molecule has 24 heavy (non-hydrogen) atoms. The Morgan fingerprint density at radius 3 is 2.50 bits per heavy atom. The lowest BCUT2D eigenvalue weighted by Crippen LogP contribution is -2.38. The van der Waals surface area contributed by atoms with Gasteiger partial charge in [-0.3, -0.25) is 9.78 Å². The fraction of sp³-hybridized carbons (Fsp3) is 0.400. The highest BCUT2D eigenvalue weighted by atomic mass is 16.1. The highest BCUT2D eigenvalue weighted by Crippen LogP contribution is 2.22. The first-order valence-electron chi connectivity index (χ1n) is 8.77. The van der Waals surface area contributed by atoms with Gasteiger partial charge in [-0.25, -0.2) is 0 Å². The molecule has 0 atom stereocenters. The van der Waals surface area contributed by atoms with Crippen LogP contribution in [0.25, 0.3) is 0 Å². The van der Waals surface area contributed by atoms with Crippen molar-refractivity contribution in [3.8, 4) is 0 Å². The molecular formula is C20H25N3O. The molecule has 0 bridgehead atoms. The van der Waals surface area contributed by atoms with E-state index in [1.54, 1.807) is 0 Å². The number of carbonyl (C=O) groups is 1. The number of anilines is 1. The SMILES string of the molecule is O=C(CCc1ccccc1)NCC1CCN(c2ccncc2)CC1. The minimum absolute atomic E-state index is 0.162. The molecule has 4 heteroatoms. The Labute approximate surface area is 143 Å². The average Bonchev–Trinajstić information content (AvgIpc) is 2.67. The number of carbonyl (C=O) groups excluding carboxylic acids is 1. The smallest absolute Gasteiger partial charge is 0.220 e. The van der Waals surface area contributed by atoms with Gasteiger partial charge in [-0.05, 0) is 42.9 Å². The molecule has 1 aromatic heterocycles. The minimum Gasteiger partial charge on any atom is -0.371 e. The summed E-state index contributed by atoms with van der Waals surface area (Å²) in [5.74, 6) is 0.749. The van der Waals surface area contributed by atoms with Gasteiger partial charge < -0.3 is 10.2 Å². The molecule has 1 N–H and O–H groups in total. The van der Waals surface area contributed by atoms with Crippen LogP contribution in [0.4, 0.5) is 5.69 Å². The molecule has 1 saturated heterocycles. The van der Waals surface area contributed by atoms with E-state index in [2.05, 4.69) is 39.5 Å². The van der Waals surface area contributed by atoms with E-state index < -0.39 is 0 Å². The summed E-state index contributed by atoms with van der Waals surface area (Å²) in [6.45, 7) is 2.90. The number of pyridine rings is 1. The van der Waals surface area contributed by atoms with Gasteiger partial charge in [-0.15, -0.1) is 0 Å². The number of rotatable bonds is 6. The zero-order valence-corrected chi connectivity index (χ0v) is 14.0. The highest BCUT2D eigenvalue weighted by Gasteiger charge is 2.19. The Bertz CT molecular complexity index is 622. The molecule has 4 nitrogen and oxygen atoms in total. The molecule has 2 heterocycles. The lowest BCUT2D eigenvalue weighted by Gasteiger charge is -2.33. The molecule has 0 spiro atoms. The van der Waals surface area contributed by atoms with E-state index in [-0.39, 0.29) is 5.91 Å². The van der Waals surface area contributed by atoms with Gasteiger partial charge in [0.05, 0.1) is 0 Å². The topological polar surface area (TPSA) is 45.2 Å². The van der Waals surface area contributed by atoms with E-state index in [1.807, 2.05) is 30.6 Å². The Kier molecular flexibility index (Phi) is 5.83. The molecule has 0 aliphatic carbocycles. The van der Waals surface area contributed by atoms with Crippen LogP contribution in [0.2, 0.25) is 0 Å². The second-order valence-electron chi connectivity index (χ2n) is 6.43. The molecule has 2 aromatic rings. The van der Waals surface area contributed by atoms with Crippen molar-refractivity contribution in [2.24, 2.45) is 5.92 Å². The van der Waals surface area contributed by atoms with Gasteiger partial charge in [0.25, 0.3) is 0 Å². The van der Waals surface area contributed by atoms with E-state index in [0.29, 0.717) is 12.3 Å². The number of amides is 1. The van der Waals surface area contributed by atoms with Gasteiger partial charge >= 0.3 is 0 Å². The van der Waals surface area contributed by atoms with Crippen LogP contribution in [0.3, 0.4) is 0 Å². The number of nitrogens with zero attached hydrogens (tertiary/aromatic N) is 2. The molecule has 1 aliphatic heterocycles. The number of hydrogen-bond donors (Lipinski definition) is 1. The van der Waals surface area contributed by atoms with Crippen molar-refractivity contribution in [1.82, 2.24) is 10.3 Å². The monoisotopic (exact) mass is 323 g/mol. The predicted octanol–water partition coefficient (Wildman–Crippen LogP) is 3.05. The molecule has 1 fully saturated rings. The van der Waals surface area contributed by atoms with E-state index in [9.17, 15) is 4.79 Å². The van der Waals surface area contributed by atoms with Crippen LogP contribution in [0.1, 0.15) is 24.8 Å². The standard InChI is InChI=1S/C20H25N3O/c24-20(7-6-17-4-2-1-3-5-17)22-16-18-10-14-23(15-11-18)19-8-12-21-13-9-19/h1-5,8-9,12-13,18H,6-7,10-11,14-16H2,(H,22,24). The van der Waals surface area contributed by atoms with Gasteiger partial charge in [0, 0.05) is 44.1 Å². The van der Waals surface area contributed by atoms with Crippen LogP contribution in [-0.2, 0) is 11.2 Å². The summed E-state index contributed by atoms with van der Waals surface area (Å²) < 4.78 is 0. The second-order valence-corrected chi connectivity index (χ2v) is 6.43. The highest BCUT2D eigenvalue weighted by molar-refractivity contribution is 5.76. The number of piperidine rings is 1. The third-order valence-corrected chi connectivity index (χ3v) is 4.71. The molecule has 126 valence electrons. The Hall–Kier alpha value is -2.36. The number of nitrogens with one attached hydrogen (secondary N) is 1. The quantitative estimate of drug-likeness (QED) is 0.889. The Morgan fingerprint density at radius 1 is 1.08 bits per heavy atom. The van der Waals surface area contributed by atoms with E-state index in [4.69, 9.17) is 0 Å². The van der Waals surface area contributed by atoms with Crippen molar-refractivity contribution in [2.45, 2.75) is 25.7 Å². The third-order valence-electron chi connectivity index (χ3n) is 4.71. The van der Waals surface area contributed by atoms with Crippen molar-refractivity contribution in [3.05, 3.63) is 60.4 Å². The van der Waals surface area contributed by atoms with Gasteiger partial charge in [0.15, 0.2) is 0 Å². The zero-order valence-electron chi connectivity index (χ0n) is 14.0. The van der Waals surface area contributed by atoms with E-state index in [0.717, 1.165) is 38.9 Å². The molecule has 0 saturated carbocycles. The van der Waals surface area contributed by atoms with Crippen LogP contribution in [0, 0.1) is 5.92 Å². The number of benzene rings is 1. The average molecular weight is 323 g/mol. The summed E-state index contributed by atoms with van der Waals surface area (Å²) in [5, 5.41) is 3.11. The van der Waals surface area contributed by atoms with Gasteiger partial charge in [-0.2, -0.15) is 0 Å². The molecular weight excluding hydrogens is 298 g/mol. The lowest BCUT2D eigenvalue weighted by atomic mass is 9.96. The summed E-state index contributed by atoms with van der Waals surface area (Å²) >= 11 is 0. The van der Waals surface area contributed by atoms with Crippen molar-refractivity contribution in [1.29, 1.82) is 0 Å². The first kappa shape index (κ1) is 16.5. The second kappa shape index (κ2) is 8.48. The Balaban J connectivity index is 1.35. The van der Waals surface area contributed by atoms with Crippen LogP contribution in [0.5, 0.6) is 0 Å². The maximum Gasteiger partial charge on any atom is 0.220 e. The van der Waals surface area contributed by atoms with Crippen LogP contribution < -0.4 is 10.2 Å². The first-order valence-corrected chi connectivity index (χ1v) is 8.77. The maximum atomic E-state index is 12.0. The predicted molar refractivity (Wildman–Crippen MR) is 96.9 cm³/mol.